The van der Waals surface area contributed by atoms with Crippen molar-refractivity contribution in [2.75, 3.05) is 5.32 Å². The average Bonchev–Trinajstić information content (AvgIpc) is 2.75. The van der Waals surface area contributed by atoms with Gasteiger partial charge < -0.3 is 14.3 Å². The Morgan fingerprint density at radius 3 is 2.86 bits per heavy atom. The van der Waals surface area contributed by atoms with E-state index in [0.717, 1.165) is 0 Å². The van der Waals surface area contributed by atoms with Gasteiger partial charge in [0.1, 0.15) is 6.26 Å². The molecule has 1 N–H and O–H groups in total. The molecule has 5 nitrogen and oxygen atoms in total. The molecular weight excluding hydrogens is 208 g/mol. The number of halogens is 1. The molecule has 0 atom stereocenters. The Morgan fingerprint density at radius 2 is 2.29 bits per heavy atom. The fraction of sp³-hybridized carbons (Fsp3) is 0. The van der Waals surface area contributed by atoms with Crippen LogP contribution in [0.25, 0.3) is 0 Å². The van der Waals surface area contributed by atoms with E-state index in [4.69, 9.17) is 16.0 Å². The molecule has 2 aromatic heterocycles. The minimum Gasteiger partial charge on any atom is -0.452 e. The Morgan fingerprint density at radius 1 is 1.43 bits per heavy atom. The Balaban J connectivity index is 2.14. The lowest BCUT2D eigenvalue weighted by Gasteiger charge is -1.97. The van der Waals surface area contributed by atoms with Gasteiger partial charge in [0.15, 0.2) is 5.82 Å². The number of carbonyl (C=O) groups is 1. The van der Waals surface area contributed by atoms with Crippen molar-refractivity contribution in [2.45, 2.75) is 0 Å². The van der Waals surface area contributed by atoms with Crippen LogP contribution in [0.15, 0.2) is 33.6 Å². The van der Waals surface area contributed by atoms with Gasteiger partial charge in [0.05, 0.1) is 11.8 Å². The molecule has 0 unspecified atom stereocenters. The van der Waals surface area contributed by atoms with Gasteiger partial charge in [0.25, 0.3) is 5.91 Å². The first-order chi connectivity index (χ1) is 6.77. The quantitative estimate of drug-likeness (QED) is 0.828. The molecule has 0 aliphatic heterocycles. The Kier molecular flexibility index (Phi) is 2.24. The molecule has 0 aliphatic rings. The van der Waals surface area contributed by atoms with Crippen molar-refractivity contribution in [3.63, 3.8) is 0 Å². The van der Waals surface area contributed by atoms with Crippen molar-refractivity contribution in [2.24, 2.45) is 0 Å². The molecule has 2 rings (SSSR count). The normalized spacial score (nSPS) is 10.1. The molecule has 0 saturated carbocycles. The van der Waals surface area contributed by atoms with E-state index in [2.05, 4.69) is 15.0 Å². The van der Waals surface area contributed by atoms with Crippen LogP contribution >= 0.6 is 11.6 Å². The Bertz CT molecular complexity index is 435. The van der Waals surface area contributed by atoms with Gasteiger partial charge in [-0.05, 0) is 17.7 Å². The number of hydrogen-bond acceptors (Lipinski definition) is 4. The number of amides is 1. The SMILES string of the molecule is O=C(Nc1ccon1)c1ccoc1Cl. The molecule has 1 amide bonds. The summed E-state index contributed by atoms with van der Waals surface area (Å²) in [4.78, 5) is 11.5. The van der Waals surface area contributed by atoms with Gasteiger partial charge in [-0.3, -0.25) is 4.79 Å². The topological polar surface area (TPSA) is 68.3 Å². The molecule has 0 aliphatic carbocycles. The average molecular weight is 213 g/mol. The maximum Gasteiger partial charge on any atom is 0.261 e. The molecule has 2 heterocycles. The summed E-state index contributed by atoms with van der Waals surface area (Å²) >= 11 is 5.60. The first kappa shape index (κ1) is 8.83. The van der Waals surface area contributed by atoms with E-state index in [0.29, 0.717) is 5.82 Å². The number of rotatable bonds is 2. The third-order valence-corrected chi connectivity index (χ3v) is 1.83. The minimum absolute atomic E-state index is 0.0472. The summed E-state index contributed by atoms with van der Waals surface area (Å²) in [5.74, 6) is -0.0649. The summed E-state index contributed by atoms with van der Waals surface area (Å²) in [5.41, 5.74) is 0.259. The minimum atomic E-state index is -0.391. The van der Waals surface area contributed by atoms with E-state index in [1.54, 1.807) is 0 Å². The van der Waals surface area contributed by atoms with E-state index in [9.17, 15) is 4.79 Å². The zero-order valence-corrected chi connectivity index (χ0v) is 7.62. The number of nitrogens with zero attached hydrogens (tertiary/aromatic N) is 1. The molecule has 0 fully saturated rings. The van der Waals surface area contributed by atoms with Crippen LogP contribution in [0.4, 0.5) is 5.82 Å². The predicted octanol–water partition coefficient (Wildman–Crippen LogP) is 2.17. The molecule has 0 saturated heterocycles. The van der Waals surface area contributed by atoms with Crippen molar-refractivity contribution >= 4 is 23.3 Å². The van der Waals surface area contributed by atoms with Gasteiger partial charge >= 0.3 is 0 Å². The van der Waals surface area contributed by atoms with Gasteiger partial charge in [0.2, 0.25) is 5.22 Å². The van der Waals surface area contributed by atoms with Crippen LogP contribution < -0.4 is 5.32 Å². The number of anilines is 1. The molecule has 0 radical (unpaired) electrons. The van der Waals surface area contributed by atoms with Crippen molar-refractivity contribution in [3.05, 3.63) is 35.4 Å². The molecule has 2 aromatic rings. The first-order valence-electron chi connectivity index (χ1n) is 3.72. The van der Waals surface area contributed by atoms with E-state index in [-0.39, 0.29) is 10.8 Å². The highest BCUT2D eigenvalue weighted by Crippen LogP contribution is 2.17. The van der Waals surface area contributed by atoms with E-state index in [1.165, 1.54) is 24.7 Å². The zero-order valence-electron chi connectivity index (χ0n) is 6.86. The molecule has 0 bridgehead atoms. The highest BCUT2D eigenvalue weighted by Gasteiger charge is 2.13. The molecule has 0 spiro atoms. The second-order valence-corrected chi connectivity index (χ2v) is 2.79. The monoisotopic (exact) mass is 212 g/mol. The zero-order chi connectivity index (χ0) is 9.97. The number of nitrogens with one attached hydrogen (secondary N) is 1. The van der Waals surface area contributed by atoms with Gasteiger partial charge in [-0.25, -0.2) is 0 Å². The molecular formula is C8H5ClN2O3. The first-order valence-corrected chi connectivity index (χ1v) is 4.10. The summed E-state index contributed by atoms with van der Waals surface area (Å²) in [6, 6.07) is 2.99. The third-order valence-electron chi connectivity index (χ3n) is 1.54. The summed E-state index contributed by atoms with van der Waals surface area (Å²) in [6.07, 6.45) is 2.69. The van der Waals surface area contributed by atoms with Crippen molar-refractivity contribution < 1.29 is 13.7 Å². The maximum atomic E-state index is 11.5. The maximum absolute atomic E-state index is 11.5. The molecule has 72 valence electrons. The lowest BCUT2D eigenvalue weighted by molar-refractivity contribution is 0.102. The van der Waals surface area contributed by atoms with E-state index < -0.39 is 5.91 Å². The highest BCUT2D eigenvalue weighted by atomic mass is 35.5. The summed E-state index contributed by atoms with van der Waals surface area (Å²) in [5, 5.41) is 6.04. The summed E-state index contributed by atoms with van der Waals surface area (Å²) < 4.78 is 9.31. The summed E-state index contributed by atoms with van der Waals surface area (Å²) in [7, 11) is 0. The van der Waals surface area contributed by atoms with Gasteiger partial charge in [-0.2, -0.15) is 0 Å². The van der Waals surface area contributed by atoms with Gasteiger partial charge in [-0.15, -0.1) is 0 Å². The lowest BCUT2D eigenvalue weighted by atomic mass is 10.3. The fourth-order valence-electron chi connectivity index (χ4n) is 0.916. The fourth-order valence-corrected chi connectivity index (χ4v) is 1.12. The molecule has 14 heavy (non-hydrogen) atoms. The van der Waals surface area contributed by atoms with Crippen LogP contribution in [-0.4, -0.2) is 11.1 Å². The third kappa shape index (κ3) is 1.62. The predicted molar refractivity (Wildman–Crippen MR) is 48.2 cm³/mol. The van der Waals surface area contributed by atoms with Crippen LogP contribution in [0.2, 0.25) is 5.22 Å². The van der Waals surface area contributed by atoms with E-state index >= 15 is 0 Å². The van der Waals surface area contributed by atoms with Crippen LogP contribution in [0, 0.1) is 0 Å². The number of carbonyl (C=O) groups excluding carboxylic acids is 1. The number of furan rings is 1. The van der Waals surface area contributed by atoms with Crippen molar-refractivity contribution in [1.29, 1.82) is 0 Å². The van der Waals surface area contributed by atoms with Gasteiger partial charge in [0, 0.05) is 6.07 Å². The highest BCUT2D eigenvalue weighted by molar-refractivity contribution is 6.32. The second kappa shape index (κ2) is 3.55. The van der Waals surface area contributed by atoms with Crippen LogP contribution in [0.5, 0.6) is 0 Å². The van der Waals surface area contributed by atoms with Gasteiger partial charge in [-0.1, -0.05) is 5.16 Å². The molecule has 0 aromatic carbocycles. The van der Waals surface area contributed by atoms with Crippen LogP contribution in [0.3, 0.4) is 0 Å². The van der Waals surface area contributed by atoms with Crippen LogP contribution in [-0.2, 0) is 0 Å². The lowest BCUT2D eigenvalue weighted by Crippen LogP contribution is -2.11. The smallest absolute Gasteiger partial charge is 0.261 e. The summed E-state index contributed by atoms with van der Waals surface area (Å²) in [6.45, 7) is 0. The Hall–Kier alpha value is -1.75. The standard InChI is InChI=1S/C8H5ClN2O3/c9-7-5(1-3-13-7)8(12)10-6-2-4-14-11-6/h1-4H,(H,10,11,12). The Labute approximate surface area is 83.6 Å². The molecule has 6 heteroatoms. The van der Waals surface area contributed by atoms with Crippen molar-refractivity contribution in [3.8, 4) is 0 Å². The second-order valence-electron chi connectivity index (χ2n) is 2.45. The van der Waals surface area contributed by atoms with E-state index in [1.807, 2.05) is 0 Å². The number of aromatic nitrogens is 1. The largest absolute Gasteiger partial charge is 0.452 e. The van der Waals surface area contributed by atoms with Crippen LogP contribution in [0.1, 0.15) is 10.4 Å². The number of hydrogen-bond donors (Lipinski definition) is 1. The van der Waals surface area contributed by atoms with Crippen molar-refractivity contribution in [1.82, 2.24) is 5.16 Å².